The summed E-state index contributed by atoms with van der Waals surface area (Å²) >= 11 is 6.20. The lowest BCUT2D eigenvalue weighted by atomic mass is 9.76. The van der Waals surface area contributed by atoms with Gasteiger partial charge in [-0.25, -0.2) is 4.79 Å². The van der Waals surface area contributed by atoms with Crippen molar-refractivity contribution in [2.45, 2.75) is 43.8 Å². The number of nitrogens with zero attached hydrogens (tertiary/aromatic N) is 2. The molecule has 3 aliphatic rings. The van der Waals surface area contributed by atoms with Crippen LogP contribution >= 0.6 is 11.6 Å². The quantitative estimate of drug-likeness (QED) is 0.728. The molecular formula is C25H28ClN3O2. The molecule has 5 nitrogen and oxygen atoms in total. The van der Waals surface area contributed by atoms with Crippen LogP contribution in [0.15, 0.2) is 54.6 Å². The average molecular weight is 438 g/mol. The number of alkyl halides is 1. The van der Waals surface area contributed by atoms with Gasteiger partial charge in [-0.3, -0.25) is 4.79 Å². The summed E-state index contributed by atoms with van der Waals surface area (Å²) in [5.74, 6) is 0.415. The SMILES string of the molecule is O=C1[C@H]2CCCN(C(=O)N[C@@H](CCl)c3ccccc3)[C@H]2C[C@@H]2c3ccccc3CCN12. The highest BCUT2D eigenvalue weighted by Gasteiger charge is 2.48. The van der Waals surface area contributed by atoms with Crippen molar-refractivity contribution in [3.05, 3.63) is 71.3 Å². The zero-order valence-electron chi connectivity index (χ0n) is 17.5. The van der Waals surface area contributed by atoms with Gasteiger partial charge in [-0.2, -0.15) is 0 Å². The molecule has 31 heavy (non-hydrogen) atoms. The maximum absolute atomic E-state index is 13.4. The van der Waals surface area contributed by atoms with E-state index in [0.29, 0.717) is 12.4 Å². The van der Waals surface area contributed by atoms with Crippen LogP contribution < -0.4 is 5.32 Å². The molecule has 0 unspecified atom stereocenters. The summed E-state index contributed by atoms with van der Waals surface area (Å²) in [5, 5.41) is 3.12. The van der Waals surface area contributed by atoms with Gasteiger partial charge in [0.05, 0.1) is 18.0 Å². The number of amides is 3. The molecule has 0 bridgehead atoms. The monoisotopic (exact) mass is 437 g/mol. The second-order valence-corrected chi connectivity index (χ2v) is 9.12. The van der Waals surface area contributed by atoms with Crippen molar-refractivity contribution in [2.24, 2.45) is 5.92 Å². The predicted octanol–water partition coefficient (Wildman–Crippen LogP) is 4.29. The van der Waals surface area contributed by atoms with Crippen molar-refractivity contribution in [2.75, 3.05) is 19.0 Å². The molecule has 3 heterocycles. The van der Waals surface area contributed by atoms with E-state index in [-0.39, 0.29) is 36.0 Å². The van der Waals surface area contributed by atoms with E-state index in [1.165, 1.54) is 11.1 Å². The number of rotatable bonds is 3. The summed E-state index contributed by atoms with van der Waals surface area (Å²) in [5.41, 5.74) is 3.56. The zero-order valence-corrected chi connectivity index (χ0v) is 18.3. The van der Waals surface area contributed by atoms with Gasteiger partial charge >= 0.3 is 6.03 Å². The van der Waals surface area contributed by atoms with Crippen LogP contribution in [0, 0.1) is 5.92 Å². The number of nitrogens with one attached hydrogen (secondary N) is 1. The van der Waals surface area contributed by atoms with E-state index in [1.54, 1.807) is 0 Å². The second kappa shape index (κ2) is 8.54. The summed E-state index contributed by atoms with van der Waals surface area (Å²) in [4.78, 5) is 30.7. The Labute approximate surface area is 188 Å². The molecule has 5 rings (SSSR count). The lowest BCUT2D eigenvalue weighted by Gasteiger charge is -2.51. The first-order chi connectivity index (χ1) is 15.2. The molecule has 2 aromatic carbocycles. The summed E-state index contributed by atoms with van der Waals surface area (Å²) in [6.07, 6.45) is 3.42. The van der Waals surface area contributed by atoms with Crippen LogP contribution in [0.1, 0.15) is 48.0 Å². The minimum Gasteiger partial charge on any atom is -0.335 e. The maximum Gasteiger partial charge on any atom is 0.318 e. The Morgan fingerprint density at radius 3 is 2.68 bits per heavy atom. The Bertz CT molecular complexity index is 966. The number of carbonyl (C=O) groups is 2. The van der Waals surface area contributed by atoms with E-state index in [2.05, 4.69) is 34.5 Å². The summed E-state index contributed by atoms with van der Waals surface area (Å²) < 4.78 is 0. The van der Waals surface area contributed by atoms with Gasteiger partial charge in [0.2, 0.25) is 5.91 Å². The number of piperidine rings is 2. The third kappa shape index (κ3) is 3.69. The number of likely N-dealkylation sites (tertiary alicyclic amines) is 1. The highest BCUT2D eigenvalue weighted by molar-refractivity contribution is 6.18. The minimum absolute atomic E-state index is 0.0602. The first-order valence-electron chi connectivity index (χ1n) is 11.2. The Balaban J connectivity index is 1.39. The maximum atomic E-state index is 13.4. The molecule has 2 aromatic rings. The Morgan fingerprint density at radius 1 is 1.10 bits per heavy atom. The number of benzene rings is 2. The van der Waals surface area contributed by atoms with Gasteiger partial charge in [0.1, 0.15) is 0 Å². The fourth-order valence-electron chi connectivity index (χ4n) is 5.63. The fourth-order valence-corrected chi connectivity index (χ4v) is 5.88. The van der Waals surface area contributed by atoms with Crippen molar-refractivity contribution >= 4 is 23.5 Å². The van der Waals surface area contributed by atoms with Crippen molar-refractivity contribution in [3.8, 4) is 0 Å². The van der Waals surface area contributed by atoms with E-state index >= 15 is 0 Å². The number of fused-ring (bicyclic) bond motifs is 4. The van der Waals surface area contributed by atoms with Gasteiger partial charge in [-0.1, -0.05) is 54.6 Å². The van der Waals surface area contributed by atoms with Crippen LogP contribution in [0.4, 0.5) is 4.79 Å². The van der Waals surface area contributed by atoms with E-state index in [0.717, 1.165) is 37.8 Å². The summed E-state index contributed by atoms with van der Waals surface area (Å²) in [6, 6.07) is 17.9. The fraction of sp³-hybridized carbons (Fsp3) is 0.440. The molecule has 4 atom stereocenters. The van der Waals surface area contributed by atoms with Crippen LogP contribution in [0.25, 0.3) is 0 Å². The van der Waals surface area contributed by atoms with Crippen LogP contribution in [0.2, 0.25) is 0 Å². The standard InChI is InChI=1S/C25H28ClN3O2/c26-16-21(18-8-2-1-3-9-18)27-25(31)29-13-6-11-20-23(29)15-22-19-10-5-4-7-17(19)12-14-28(22)24(20)30/h1-5,7-10,20-23H,6,11-16H2,(H,27,31)/t20-,21-,22+,23-/m0/s1. The molecule has 162 valence electrons. The average Bonchev–Trinajstić information content (AvgIpc) is 2.82. The Kier molecular flexibility index (Phi) is 5.61. The highest BCUT2D eigenvalue weighted by atomic mass is 35.5. The van der Waals surface area contributed by atoms with Gasteiger partial charge in [-0.15, -0.1) is 11.6 Å². The lowest BCUT2D eigenvalue weighted by Crippen LogP contribution is -2.61. The molecule has 3 amide bonds. The van der Waals surface area contributed by atoms with Crippen LogP contribution in [-0.4, -0.2) is 46.7 Å². The first kappa shape index (κ1) is 20.4. The number of hydrogen-bond donors (Lipinski definition) is 1. The van der Waals surface area contributed by atoms with Gasteiger partial charge in [0.15, 0.2) is 0 Å². The Morgan fingerprint density at radius 2 is 1.87 bits per heavy atom. The first-order valence-corrected chi connectivity index (χ1v) is 11.8. The molecular weight excluding hydrogens is 410 g/mol. The van der Waals surface area contributed by atoms with Crippen LogP contribution in [0.5, 0.6) is 0 Å². The van der Waals surface area contributed by atoms with Gasteiger partial charge < -0.3 is 15.1 Å². The molecule has 6 heteroatoms. The third-order valence-electron chi connectivity index (χ3n) is 7.17. The van der Waals surface area contributed by atoms with Crippen molar-refractivity contribution in [1.82, 2.24) is 15.1 Å². The number of carbonyl (C=O) groups excluding carboxylic acids is 2. The normalized spacial score (nSPS) is 25.8. The molecule has 0 aromatic heterocycles. The highest BCUT2D eigenvalue weighted by Crippen LogP contribution is 2.43. The number of hydrogen-bond acceptors (Lipinski definition) is 2. The molecule has 2 saturated heterocycles. The van der Waals surface area contributed by atoms with Crippen LogP contribution in [-0.2, 0) is 11.2 Å². The number of halogens is 1. The van der Waals surface area contributed by atoms with Crippen molar-refractivity contribution in [1.29, 1.82) is 0 Å². The van der Waals surface area contributed by atoms with E-state index in [4.69, 9.17) is 11.6 Å². The summed E-state index contributed by atoms with van der Waals surface area (Å²) in [6.45, 7) is 1.46. The minimum atomic E-state index is -0.248. The van der Waals surface area contributed by atoms with E-state index in [1.807, 2.05) is 35.2 Å². The smallest absolute Gasteiger partial charge is 0.318 e. The summed E-state index contributed by atoms with van der Waals surface area (Å²) in [7, 11) is 0. The largest absolute Gasteiger partial charge is 0.335 e. The Hall–Kier alpha value is -2.53. The van der Waals surface area contributed by atoms with Gasteiger partial charge in [0, 0.05) is 25.0 Å². The molecule has 0 saturated carbocycles. The third-order valence-corrected chi connectivity index (χ3v) is 7.48. The van der Waals surface area contributed by atoms with Gasteiger partial charge in [-0.05, 0) is 42.4 Å². The van der Waals surface area contributed by atoms with Crippen molar-refractivity contribution < 1.29 is 9.59 Å². The predicted molar refractivity (Wildman–Crippen MR) is 121 cm³/mol. The van der Waals surface area contributed by atoms with E-state index in [9.17, 15) is 9.59 Å². The molecule has 3 aliphatic heterocycles. The van der Waals surface area contributed by atoms with E-state index < -0.39 is 0 Å². The van der Waals surface area contributed by atoms with Gasteiger partial charge in [0.25, 0.3) is 0 Å². The van der Waals surface area contributed by atoms with Crippen molar-refractivity contribution in [3.63, 3.8) is 0 Å². The number of urea groups is 1. The molecule has 2 fully saturated rings. The molecule has 0 radical (unpaired) electrons. The zero-order chi connectivity index (χ0) is 21.4. The molecule has 0 aliphatic carbocycles. The molecule has 0 spiro atoms. The molecule has 1 N–H and O–H groups in total. The second-order valence-electron chi connectivity index (χ2n) is 8.81. The lowest BCUT2D eigenvalue weighted by molar-refractivity contribution is -0.148. The topological polar surface area (TPSA) is 52.7 Å². The van der Waals surface area contributed by atoms with Crippen LogP contribution in [0.3, 0.4) is 0 Å².